The number of aromatic nitrogens is 2. The molecule has 0 fully saturated rings. The minimum Gasteiger partial charge on any atom is -0.500 e. The van der Waals surface area contributed by atoms with Gasteiger partial charge in [-0.05, 0) is 48.2 Å². The Morgan fingerprint density at radius 2 is 1.25 bits per heavy atom. The van der Waals surface area contributed by atoms with Crippen LogP contribution in [-0.4, -0.2) is 17.0 Å². The van der Waals surface area contributed by atoms with Crippen LogP contribution in [0.4, 0.5) is 41.7 Å². The van der Waals surface area contributed by atoms with Crippen molar-refractivity contribution in [3.63, 3.8) is 0 Å². The fourth-order valence-corrected chi connectivity index (χ4v) is 4.55. The largest absolute Gasteiger partial charge is 2.00 e. The molecule has 0 saturated carbocycles. The van der Waals surface area contributed by atoms with Gasteiger partial charge in [-0.25, -0.2) is 9.37 Å². The molecule has 0 N–H and O–H groups in total. The Kier molecular flexibility index (Phi) is 9.39. The molecule has 44 heavy (non-hydrogen) atoms. The summed E-state index contributed by atoms with van der Waals surface area (Å²) in [6.45, 7) is 0. The van der Waals surface area contributed by atoms with Gasteiger partial charge in [-0.1, -0.05) is 77.6 Å². The van der Waals surface area contributed by atoms with Crippen LogP contribution in [0.1, 0.15) is 0 Å². The quantitative estimate of drug-likeness (QED) is 0.0913. The maximum atomic E-state index is 15.1. The van der Waals surface area contributed by atoms with Gasteiger partial charge in [0.15, 0.2) is 0 Å². The topological polar surface area (TPSA) is 41.5 Å². The Morgan fingerprint density at radius 3 is 1.84 bits per heavy atom. The molecule has 4 aromatic carbocycles. The van der Waals surface area contributed by atoms with Crippen LogP contribution in [0.25, 0.3) is 11.3 Å². The van der Waals surface area contributed by atoms with Crippen molar-refractivity contribution in [3.8, 4) is 22.8 Å². The zero-order chi connectivity index (χ0) is 29.8. The second-order valence-electron chi connectivity index (χ2n) is 9.43. The van der Waals surface area contributed by atoms with Crippen LogP contribution >= 0.6 is 0 Å². The van der Waals surface area contributed by atoms with Gasteiger partial charge in [-0.15, -0.1) is 18.2 Å². The predicted octanol–water partition coefficient (Wildman–Crippen LogP) is 9.19. The van der Waals surface area contributed by atoms with Crippen molar-refractivity contribution in [2.24, 2.45) is 0 Å². The summed E-state index contributed by atoms with van der Waals surface area (Å²) in [5, 5.41) is 0. The Morgan fingerprint density at radius 1 is 0.636 bits per heavy atom. The first-order chi connectivity index (χ1) is 21.0. The average molecular weight is 679 g/mol. The number of hydrogen-bond acceptors (Lipinski definition) is 5. The molecule has 0 aliphatic heterocycles. The third kappa shape index (κ3) is 6.35. The summed E-state index contributed by atoms with van der Waals surface area (Å²) in [6.07, 6.45) is 3.08. The third-order valence-electron chi connectivity index (χ3n) is 6.63. The van der Waals surface area contributed by atoms with E-state index in [4.69, 9.17) is 4.74 Å². The molecule has 9 heteroatoms. The number of pyridine rings is 2. The first kappa shape index (κ1) is 30.5. The van der Waals surface area contributed by atoms with E-state index in [2.05, 4.69) is 22.1 Å². The van der Waals surface area contributed by atoms with Crippen LogP contribution < -0.4 is 14.5 Å². The predicted molar refractivity (Wildman–Crippen MR) is 161 cm³/mol. The van der Waals surface area contributed by atoms with Crippen molar-refractivity contribution < 1.29 is 38.3 Å². The summed E-state index contributed by atoms with van der Waals surface area (Å²) in [5.41, 5.74) is 2.58. The molecule has 6 rings (SSSR count). The molecule has 0 aliphatic carbocycles. The van der Waals surface area contributed by atoms with Gasteiger partial charge in [-0.3, -0.25) is 8.78 Å². The Balaban J connectivity index is 0.00000384. The maximum Gasteiger partial charge on any atom is 2.00 e. The summed E-state index contributed by atoms with van der Waals surface area (Å²) < 4.78 is 50.6. The standard InChI is InChI=1S/C35H23F3N4O.Pd/c1-41(32-17-9-11-19-40-32)26-20-27(42(24-12-4-2-5-13-24)25-14-6-3-7-15-25)22-28(21-26)43-31-23-29(30-16-8-10-18-39-30)33(36)35(38)34(31)37;/h2-20,22H,1H3;/q-2;+2. The van der Waals surface area contributed by atoms with Gasteiger partial charge in [0.25, 0.3) is 0 Å². The molecular weight excluding hydrogens is 656 g/mol. The zero-order valence-electron chi connectivity index (χ0n) is 23.2. The molecule has 2 heterocycles. The number of ether oxygens (including phenoxy) is 1. The zero-order valence-corrected chi connectivity index (χ0v) is 24.7. The van der Waals surface area contributed by atoms with Crippen LogP contribution in [0.2, 0.25) is 0 Å². The third-order valence-corrected chi connectivity index (χ3v) is 6.63. The summed E-state index contributed by atoms with van der Waals surface area (Å²) in [5.74, 6) is -4.58. The molecule has 0 radical (unpaired) electrons. The minimum absolute atomic E-state index is 0. The van der Waals surface area contributed by atoms with Gasteiger partial charge in [-0.2, -0.15) is 0 Å². The Hall–Kier alpha value is -4.97. The molecule has 0 atom stereocenters. The summed E-state index contributed by atoms with van der Waals surface area (Å²) >= 11 is 0. The summed E-state index contributed by atoms with van der Waals surface area (Å²) in [4.78, 5) is 12.3. The van der Waals surface area contributed by atoms with E-state index < -0.39 is 23.2 Å². The van der Waals surface area contributed by atoms with Gasteiger partial charge in [0.2, 0.25) is 0 Å². The molecule has 0 unspecified atom stereocenters. The maximum absolute atomic E-state index is 15.1. The molecule has 0 saturated heterocycles. The number of rotatable bonds is 8. The molecule has 220 valence electrons. The first-order valence-electron chi connectivity index (χ1n) is 13.3. The normalized spacial score (nSPS) is 10.5. The van der Waals surface area contributed by atoms with Crippen molar-refractivity contribution in [3.05, 3.63) is 151 Å². The van der Waals surface area contributed by atoms with E-state index in [9.17, 15) is 8.78 Å². The summed E-state index contributed by atoms with van der Waals surface area (Å²) in [6, 6.07) is 38.7. The molecule has 0 amide bonds. The SMILES string of the molecule is CN(c1[c-]c(Oc2[c-]c(-c3ccccn3)c(F)c(F)c2F)cc(N(c2ccccc2)c2ccccc2)c1)c1ccccn1.[Pd+2]. The molecule has 0 bridgehead atoms. The molecule has 6 aromatic rings. The molecule has 2 aromatic heterocycles. The van der Waals surface area contributed by atoms with Crippen LogP contribution in [0.5, 0.6) is 11.5 Å². The van der Waals surface area contributed by atoms with Crippen LogP contribution in [0, 0.1) is 29.6 Å². The van der Waals surface area contributed by atoms with E-state index in [1.54, 1.807) is 42.4 Å². The fraction of sp³-hybridized carbons (Fsp3) is 0.0286. The van der Waals surface area contributed by atoms with Crippen LogP contribution in [0.15, 0.2) is 122 Å². The van der Waals surface area contributed by atoms with Gasteiger partial charge in [0.1, 0.15) is 17.5 Å². The number of nitrogens with zero attached hydrogens (tertiary/aromatic N) is 4. The first-order valence-corrected chi connectivity index (χ1v) is 13.3. The number of halogens is 3. The van der Waals surface area contributed by atoms with E-state index in [1.165, 1.54) is 12.3 Å². The number of anilines is 5. The van der Waals surface area contributed by atoms with Crippen LogP contribution in [-0.2, 0) is 20.4 Å². The van der Waals surface area contributed by atoms with Gasteiger partial charge >= 0.3 is 20.4 Å². The Labute approximate surface area is 266 Å². The average Bonchev–Trinajstić information content (AvgIpc) is 3.06. The Bertz CT molecular complexity index is 1810. The van der Waals surface area contributed by atoms with E-state index in [-0.39, 0.29) is 37.4 Å². The second kappa shape index (κ2) is 13.6. The molecule has 0 spiro atoms. The second-order valence-corrected chi connectivity index (χ2v) is 9.43. The number of hydrogen-bond donors (Lipinski definition) is 0. The van der Waals surface area contributed by atoms with Gasteiger partial charge < -0.3 is 19.5 Å². The number of benzene rings is 4. The van der Waals surface area contributed by atoms with E-state index >= 15 is 4.39 Å². The van der Waals surface area contributed by atoms with E-state index in [1.807, 2.05) is 83.8 Å². The van der Waals surface area contributed by atoms with Crippen molar-refractivity contribution in [2.45, 2.75) is 0 Å². The number of para-hydroxylation sites is 2. The van der Waals surface area contributed by atoms with Crippen molar-refractivity contribution in [2.75, 3.05) is 16.8 Å². The molecule has 0 aliphatic rings. The summed E-state index contributed by atoms with van der Waals surface area (Å²) in [7, 11) is 1.81. The van der Waals surface area contributed by atoms with Gasteiger partial charge in [0.05, 0.1) is 11.6 Å². The monoisotopic (exact) mass is 678 g/mol. The van der Waals surface area contributed by atoms with E-state index in [0.717, 1.165) is 11.4 Å². The minimum atomic E-state index is -1.69. The molecular formula is C35H23F3N4OPd. The smallest absolute Gasteiger partial charge is 0.500 e. The van der Waals surface area contributed by atoms with Crippen LogP contribution in [0.3, 0.4) is 0 Å². The van der Waals surface area contributed by atoms with Crippen molar-refractivity contribution >= 4 is 28.6 Å². The fourth-order valence-electron chi connectivity index (χ4n) is 4.55. The van der Waals surface area contributed by atoms with Gasteiger partial charge in [0, 0.05) is 36.6 Å². The van der Waals surface area contributed by atoms with Crippen molar-refractivity contribution in [1.29, 1.82) is 0 Å². The van der Waals surface area contributed by atoms with Crippen molar-refractivity contribution in [1.82, 2.24) is 9.97 Å². The van der Waals surface area contributed by atoms with E-state index in [0.29, 0.717) is 17.2 Å². The molecule has 5 nitrogen and oxygen atoms in total.